The molecule has 0 radical (unpaired) electrons. The number of halogens is 1. The number of methoxy groups -OCH3 is 1. The molecule has 0 unspecified atom stereocenters. The third-order valence-corrected chi connectivity index (χ3v) is 6.37. The van der Waals surface area contributed by atoms with Gasteiger partial charge in [0.1, 0.15) is 5.69 Å². The summed E-state index contributed by atoms with van der Waals surface area (Å²) < 4.78 is 46.9. The smallest absolute Gasteiger partial charge is 0.243 e. The molecule has 3 aromatic rings. The van der Waals surface area contributed by atoms with Crippen molar-refractivity contribution in [3.8, 4) is 17.0 Å². The first-order valence-corrected chi connectivity index (χ1v) is 9.74. The standard InChI is InChI=1S/C18H17FN4O3S/c1-26-18-8-7-15(9-16(18)19)27(24,25)22-10-14(11-22)23-12-17(20-21-23)13-5-3-2-4-6-13/h2-9,12,14H,10-11H2,1H3. The molecule has 1 aliphatic rings. The predicted molar refractivity (Wildman–Crippen MR) is 96.2 cm³/mol. The highest BCUT2D eigenvalue weighted by Gasteiger charge is 2.38. The third kappa shape index (κ3) is 3.19. The summed E-state index contributed by atoms with van der Waals surface area (Å²) in [7, 11) is -2.43. The summed E-state index contributed by atoms with van der Waals surface area (Å²) in [4.78, 5) is -0.0946. The van der Waals surface area contributed by atoms with E-state index in [-0.39, 0.29) is 29.8 Å². The van der Waals surface area contributed by atoms with Crippen LogP contribution in [0.5, 0.6) is 5.75 Å². The molecule has 140 valence electrons. The summed E-state index contributed by atoms with van der Waals surface area (Å²) in [5, 5.41) is 8.26. The van der Waals surface area contributed by atoms with Crippen molar-refractivity contribution in [1.29, 1.82) is 0 Å². The highest BCUT2D eigenvalue weighted by Crippen LogP contribution is 2.30. The van der Waals surface area contributed by atoms with Crippen molar-refractivity contribution >= 4 is 10.0 Å². The van der Waals surface area contributed by atoms with Crippen molar-refractivity contribution in [3.63, 3.8) is 0 Å². The number of nitrogens with zero attached hydrogens (tertiary/aromatic N) is 4. The van der Waals surface area contributed by atoms with Crippen LogP contribution in [0.2, 0.25) is 0 Å². The van der Waals surface area contributed by atoms with Crippen molar-refractivity contribution in [1.82, 2.24) is 19.3 Å². The average molecular weight is 388 g/mol. The largest absolute Gasteiger partial charge is 0.494 e. The molecule has 0 amide bonds. The van der Waals surface area contributed by atoms with Crippen LogP contribution in [0.25, 0.3) is 11.3 Å². The van der Waals surface area contributed by atoms with Gasteiger partial charge in [-0.1, -0.05) is 35.5 Å². The first-order chi connectivity index (χ1) is 13.0. The molecule has 2 aromatic carbocycles. The molecular formula is C18H17FN4O3S. The van der Waals surface area contributed by atoms with Gasteiger partial charge in [0.25, 0.3) is 0 Å². The summed E-state index contributed by atoms with van der Waals surface area (Å²) in [6.07, 6.45) is 1.80. The van der Waals surface area contributed by atoms with Crippen LogP contribution in [0, 0.1) is 5.82 Å². The summed E-state index contributed by atoms with van der Waals surface area (Å²) in [6.45, 7) is 0.515. The minimum Gasteiger partial charge on any atom is -0.494 e. The Morgan fingerprint density at radius 2 is 1.89 bits per heavy atom. The number of ether oxygens (including phenoxy) is 1. The predicted octanol–water partition coefficient (Wildman–Crippen LogP) is 2.34. The monoisotopic (exact) mass is 388 g/mol. The molecule has 0 saturated carbocycles. The summed E-state index contributed by atoms with van der Waals surface area (Å²) in [5.74, 6) is -0.703. The normalized spacial score (nSPS) is 15.5. The summed E-state index contributed by atoms with van der Waals surface area (Å²) in [5.41, 5.74) is 1.68. The fourth-order valence-corrected chi connectivity index (χ4v) is 4.46. The van der Waals surface area contributed by atoms with Crippen LogP contribution >= 0.6 is 0 Å². The highest BCUT2D eigenvalue weighted by molar-refractivity contribution is 7.89. The molecule has 0 spiro atoms. The van der Waals surface area contributed by atoms with Crippen LogP contribution in [0.3, 0.4) is 0 Å². The second kappa shape index (κ2) is 6.75. The van der Waals surface area contributed by atoms with E-state index in [1.807, 2.05) is 30.3 Å². The van der Waals surface area contributed by atoms with Gasteiger partial charge in [0, 0.05) is 18.7 Å². The quantitative estimate of drug-likeness (QED) is 0.671. The molecule has 1 fully saturated rings. The molecule has 0 atom stereocenters. The first kappa shape index (κ1) is 17.6. The summed E-state index contributed by atoms with van der Waals surface area (Å²) in [6, 6.07) is 13.1. The van der Waals surface area contributed by atoms with Gasteiger partial charge < -0.3 is 4.74 Å². The maximum atomic E-state index is 13.8. The molecule has 2 heterocycles. The van der Waals surface area contributed by atoms with Gasteiger partial charge in [-0.05, 0) is 18.2 Å². The van der Waals surface area contributed by atoms with Gasteiger partial charge >= 0.3 is 0 Å². The van der Waals surface area contributed by atoms with Crippen LogP contribution in [0.15, 0.2) is 59.6 Å². The lowest BCUT2D eigenvalue weighted by atomic mass is 10.1. The molecule has 0 aliphatic carbocycles. The molecule has 0 bridgehead atoms. The lowest BCUT2D eigenvalue weighted by Crippen LogP contribution is -2.50. The number of rotatable bonds is 5. The van der Waals surface area contributed by atoms with E-state index in [9.17, 15) is 12.8 Å². The molecular weight excluding hydrogens is 371 g/mol. The van der Waals surface area contributed by atoms with E-state index < -0.39 is 15.8 Å². The van der Waals surface area contributed by atoms with Crippen LogP contribution in [-0.2, 0) is 10.0 Å². The van der Waals surface area contributed by atoms with E-state index in [2.05, 4.69) is 10.3 Å². The van der Waals surface area contributed by atoms with E-state index >= 15 is 0 Å². The number of hydrogen-bond acceptors (Lipinski definition) is 5. The van der Waals surface area contributed by atoms with E-state index in [0.717, 1.165) is 17.3 Å². The zero-order valence-electron chi connectivity index (χ0n) is 14.5. The zero-order valence-corrected chi connectivity index (χ0v) is 15.3. The van der Waals surface area contributed by atoms with Crippen LogP contribution in [0.1, 0.15) is 6.04 Å². The number of sulfonamides is 1. The fraction of sp³-hybridized carbons (Fsp3) is 0.222. The van der Waals surface area contributed by atoms with Crippen LogP contribution < -0.4 is 4.74 Å². The van der Waals surface area contributed by atoms with E-state index in [4.69, 9.17) is 4.74 Å². The van der Waals surface area contributed by atoms with Crippen molar-refractivity contribution in [2.24, 2.45) is 0 Å². The van der Waals surface area contributed by atoms with E-state index in [1.165, 1.54) is 23.5 Å². The fourth-order valence-electron chi connectivity index (χ4n) is 2.93. The van der Waals surface area contributed by atoms with Crippen molar-refractivity contribution in [2.75, 3.05) is 20.2 Å². The third-order valence-electron chi connectivity index (χ3n) is 4.54. The van der Waals surface area contributed by atoms with E-state index in [1.54, 1.807) is 10.9 Å². The maximum absolute atomic E-state index is 13.8. The van der Waals surface area contributed by atoms with Crippen molar-refractivity contribution < 1.29 is 17.5 Å². The van der Waals surface area contributed by atoms with Gasteiger partial charge in [-0.3, -0.25) is 0 Å². The van der Waals surface area contributed by atoms with Crippen LogP contribution in [0.4, 0.5) is 4.39 Å². The van der Waals surface area contributed by atoms with Gasteiger partial charge in [-0.2, -0.15) is 4.31 Å². The molecule has 1 aliphatic heterocycles. The molecule has 1 aromatic heterocycles. The number of hydrogen-bond donors (Lipinski definition) is 0. The minimum absolute atomic E-state index is 0.00601. The maximum Gasteiger partial charge on any atom is 0.243 e. The Morgan fingerprint density at radius 1 is 1.15 bits per heavy atom. The Labute approximate surface area is 156 Å². The topological polar surface area (TPSA) is 77.3 Å². The second-order valence-corrected chi connectivity index (χ2v) is 8.16. The minimum atomic E-state index is -3.76. The average Bonchev–Trinajstić information content (AvgIpc) is 3.10. The zero-order chi connectivity index (χ0) is 19.0. The molecule has 7 nitrogen and oxygen atoms in total. The Hall–Kier alpha value is -2.78. The van der Waals surface area contributed by atoms with Crippen LogP contribution in [-0.4, -0.2) is 47.9 Å². The Kier molecular flexibility index (Phi) is 4.40. The van der Waals surface area contributed by atoms with Gasteiger partial charge in [0.05, 0.1) is 24.2 Å². The first-order valence-electron chi connectivity index (χ1n) is 8.30. The highest BCUT2D eigenvalue weighted by atomic mass is 32.2. The molecule has 4 rings (SSSR count). The Morgan fingerprint density at radius 3 is 2.56 bits per heavy atom. The van der Waals surface area contributed by atoms with Gasteiger partial charge in [0.15, 0.2) is 11.6 Å². The Bertz CT molecular complexity index is 1060. The van der Waals surface area contributed by atoms with Gasteiger partial charge in [-0.25, -0.2) is 17.5 Å². The van der Waals surface area contributed by atoms with E-state index in [0.29, 0.717) is 0 Å². The SMILES string of the molecule is COc1ccc(S(=O)(=O)N2CC(n3cc(-c4ccccc4)nn3)C2)cc1F. The molecule has 27 heavy (non-hydrogen) atoms. The van der Waals surface area contributed by atoms with Crippen molar-refractivity contribution in [3.05, 3.63) is 60.5 Å². The second-order valence-electron chi connectivity index (χ2n) is 6.22. The van der Waals surface area contributed by atoms with Crippen molar-refractivity contribution in [2.45, 2.75) is 10.9 Å². The molecule has 0 N–H and O–H groups in total. The number of benzene rings is 2. The lowest BCUT2D eigenvalue weighted by Gasteiger charge is -2.37. The Balaban J connectivity index is 1.47. The number of aromatic nitrogens is 3. The van der Waals surface area contributed by atoms with Gasteiger partial charge in [0.2, 0.25) is 10.0 Å². The van der Waals surface area contributed by atoms with Gasteiger partial charge in [-0.15, -0.1) is 5.10 Å². The molecule has 9 heteroatoms. The molecule has 1 saturated heterocycles. The lowest BCUT2D eigenvalue weighted by molar-refractivity contribution is 0.189. The summed E-state index contributed by atoms with van der Waals surface area (Å²) >= 11 is 0.